The van der Waals surface area contributed by atoms with Crippen molar-refractivity contribution in [1.29, 1.82) is 5.26 Å². The molecule has 0 aliphatic rings. The first-order valence-electron chi connectivity index (χ1n) is 3.59. The van der Waals surface area contributed by atoms with Crippen molar-refractivity contribution in [1.82, 2.24) is 0 Å². The second-order valence-electron chi connectivity index (χ2n) is 2.66. The Kier molecular flexibility index (Phi) is 5.27. The van der Waals surface area contributed by atoms with Gasteiger partial charge in [-0.25, -0.2) is 0 Å². The molecule has 7 heteroatoms. The van der Waals surface area contributed by atoms with E-state index in [-0.39, 0.29) is 6.16 Å². The van der Waals surface area contributed by atoms with Crippen molar-refractivity contribution >= 4 is 15.4 Å². The zero-order chi connectivity index (χ0) is 10.5. The van der Waals surface area contributed by atoms with Gasteiger partial charge in [0, 0.05) is 6.66 Å². The normalized spacial score (nSPS) is 19.8. The van der Waals surface area contributed by atoms with Gasteiger partial charge in [-0.3, -0.25) is 4.57 Å². The molecular weight excluding hydrogens is 192 g/mol. The van der Waals surface area contributed by atoms with Crippen molar-refractivity contribution in [3.05, 3.63) is 0 Å². The fourth-order valence-corrected chi connectivity index (χ4v) is 1.55. The van der Waals surface area contributed by atoms with Crippen LogP contribution < -0.4 is 0 Å². The van der Waals surface area contributed by atoms with Crippen LogP contribution in [0.5, 0.6) is 0 Å². The van der Waals surface area contributed by atoms with E-state index in [1.807, 2.05) is 0 Å². The zero-order valence-corrected chi connectivity index (χ0v) is 8.40. The van der Waals surface area contributed by atoms with E-state index in [0.717, 1.165) is 0 Å². The van der Waals surface area contributed by atoms with Crippen LogP contribution in [-0.2, 0) is 13.7 Å². The predicted molar refractivity (Wildman–Crippen MR) is 47.4 cm³/mol. The second kappa shape index (κ2) is 5.41. The van der Waals surface area contributed by atoms with E-state index in [4.69, 9.17) is 23.2 Å². The number of ether oxygens (including phenoxy) is 1. The van der Waals surface area contributed by atoms with Crippen molar-refractivity contribution in [3.63, 3.8) is 0 Å². The van der Waals surface area contributed by atoms with Gasteiger partial charge >= 0.3 is 0 Å². The first-order chi connectivity index (χ1) is 5.91. The molecule has 0 aliphatic heterocycles. The van der Waals surface area contributed by atoms with Gasteiger partial charge in [-0.2, -0.15) is 5.26 Å². The molecule has 0 aromatic heterocycles. The minimum absolute atomic E-state index is 0.134. The van der Waals surface area contributed by atoms with Crippen LogP contribution in [0.1, 0.15) is 6.92 Å². The molecule has 0 aromatic rings. The molecule has 72 valence electrons. The molecule has 0 heterocycles. The van der Waals surface area contributed by atoms with E-state index in [1.165, 1.54) is 13.6 Å². The molecule has 3 unspecified atom stereocenters. The molecule has 0 bridgehead atoms. The van der Waals surface area contributed by atoms with Crippen LogP contribution in [0.15, 0.2) is 0 Å². The summed E-state index contributed by atoms with van der Waals surface area (Å²) in [6.45, 7) is 2.65. The van der Waals surface area contributed by atoms with Crippen LogP contribution in [0.3, 0.4) is 0 Å². The standard InChI is InChI=1S/C6H11BNO4P/c1-5(9)11-6(3-8)4-13(2,10)12-7/h5-6,9H,4H2,1-2H3. The number of aliphatic hydroxyl groups is 1. The minimum atomic E-state index is -2.98. The molecule has 0 fully saturated rings. The van der Waals surface area contributed by atoms with Crippen molar-refractivity contribution in [2.24, 2.45) is 0 Å². The molecule has 5 nitrogen and oxygen atoms in total. The van der Waals surface area contributed by atoms with E-state index < -0.39 is 19.8 Å². The largest absolute Gasteiger partial charge is 0.402 e. The quantitative estimate of drug-likeness (QED) is 0.393. The Morgan fingerprint density at radius 2 is 2.31 bits per heavy atom. The average molecular weight is 203 g/mol. The van der Waals surface area contributed by atoms with Crippen LogP contribution in [0.4, 0.5) is 0 Å². The summed E-state index contributed by atoms with van der Waals surface area (Å²) in [6, 6.07) is 1.73. The summed E-state index contributed by atoms with van der Waals surface area (Å²) in [7, 11) is 1.77. The molecule has 0 saturated heterocycles. The van der Waals surface area contributed by atoms with Gasteiger partial charge in [0.05, 0.1) is 12.2 Å². The molecule has 13 heavy (non-hydrogen) atoms. The lowest BCUT2D eigenvalue weighted by Crippen LogP contribution is -2.21. The highest BCUT2D eigenvalue weighted by atomic mass is 31.2. The second-order valence-corrected chi connectivity index (χ2v) is 5.26. The van der Waals surface area contributed by atoms with Gasteiger partial charge in [0.1, 0.15) is 0 Å². The van der Waals surface area contributed by atoms with Crippen molar-refractivity contribution < 1.29 is 18.8 Å². The third-order valence-electron chi connectivity index (χ3n) is 1.23. The molecule has 0 spiro atoms. The zero-order valence-electron chi connectivity index (χ0n) is 7.51. The van der Waals surface area contributed by atoms with Gasteiger partial charge in [0.25, 0.3) is 8.05 Å². The van der Waals surface area contributed by atoms with Crippen molar-refractivity contribution in [3.8, 4) is 6.07 Å². The van der Waals surface area contributed by atoms with E-state index >= 15 is 0 Å². The lowest BCUT2D eigenvalue weighted by Gasteiger charge is -2.16. The van der Waals surface area contributed by atoms with Gasteiger partial charge < -0.3 is 14.3 Å². The summed E-state index contributed by atoms with van der Waals surface area (Å²) in [5.74, 6) is 0. The van der Waals surface area contributed by atoms with Gasteiger partial charge in [-0.15, -0.1) is 0 Å². The summed E-state index contributed by atoms with van der Waals surface area (Å²) in [5.41, 5.74) is 0. The average Bonchev–Trinajstić information content (AvgIpc) is 2.02. The van der Waals surface area contributed by atoms with E-state index in [9.17, 15) is 4.57 Å². The molecule has 0 amide bonds. The molecule has 0 aliphatic carbocycles. The Morgan fingerprint density at radius 3 is 2.62 bits per heavy atom. The highest BCUT2D eigenvalue weighted by Gasteiger charge is 2.22. The van der Waals surface area contributed by atoms with Gasteiger partial charge in [-0.05, 0) is 6.92 Å². The predicted octanol–water partition coefficient (Wildman–Crippen LogP) is 0.241. The molecular formula is C6H11BNO4P. The third-order valence-corrected chi connectivity index (χ3v) is 2.67. The molecule has 0 saturated carbocycles. The Morgan fingerprint density at radius 1 is 1.77 bits per heavy atom. The fourth-order valence-electron chi connectivity index (χ4n) is 0.696. The molecule has 1 N–H and O–H groups in total. The van der Waals surface area contributed by atoms with Gasteiger partial charge in [0.15, 0.2) is 19.8 Å². The van der Waals surface area contributed by atoms with Crippen LogP contribution in [-0.4, -0.2) is 38.4 Å². The Labute approximate surface area is 78.5 Å². The van der Waals surface area contributed by atoms with E-state index in [1.54, 1.807) is 6.07 Å². The minimum Gasteiger partial charge on any atom is -0.402 e. The Balaban J connectivity index is 4.15. The number of nitriles is 1. The molecule has 2 radical (unpaired) electrons. The monoisotopic (exact) mass is 203 g/mol. The van der Waals surface area contributed by atoms with Crippen LogP contribution in [0.25, 0.3) is 0 Å². The molecule has 3 atom stereocenters. The Bertz CT molecular complexity index is 239. The van der Waals surface area contributed by atoms with Crippen molar-refractivity contribution in [2.75, 3.05) is 12.8 Å². The highest BCUT2D eigenvalue weighted by Crippen LogP contribution is 2.41. The fraction of sp³-hybridized carbons (Fsp3) is 0.833. The maximum atomic E-state index is 11.3. The van der Waals surface area contributed by atoms with Crippen molar-refractivity contribution in [2.45, 2.75) is 19.3 Å². The third kappa shape index (κ3) is 5.84. The molecule has 0 aromatic carbocycles. The summed E-state index contributed by atoms with van der Waals surface area (Å²) in [6.07, 6.45) is -2.19. The van der Waals surface area contributed by atoms with Gasteiger partial charge in [-0.1, -0.05) is 0 Å². The van der Waals surface area contributed by atoms with E-state index in [0.29, 0.717) is 0 Å². The van der Waals surface area contributed by atoms with Crippen LogP contribution in [0.2, 0.25) is 0 Å². The number of hydrogen-bond donors (Lipinski definition) is 1. The Hall–Kier alpha value is -0.335. The highest BCUT2D eigenvalue weighted by molar-refractivity contribution is 7.59. The number of rotatable bonds is 5. The number of nitrogens with zero attached hydrogens (tertiary/aromatic N) is 1. The van der Waals surface area contributed by atoms with Crippen LogP contribution >= 0.6 is 7.37 Å². The first-order valence-corrected chi connectivity index (χ1v) is 5.85. The maximum absolute atomic E-state index is 11.3. The lowest BCUT2D eigenvalue weighted by atomic mass is 10.4. The SMILES string of the molecule is [B]OP(C)(=O)CC(C#N)OC(C)O. The summed E-state index contributed by atoms with van der Waals surface area (Å²) in [4.78, 5) is 0. The summed E-state index contributed by atoms with van der Waals surface area (Å²) < 4.78 is 20.2. The van der Waals surface area contributed by atoms with Gasteiger partial charge in [0.2, 0.25) is 0 Å². The summed E-state index contributed by atoms with van der Waals surface area (Å²) >= 11 is 0. The smallest absolute Gasteiger partial charge is 0.292 e. The topological polar surface area (TPSA) is 79.6 Å². The van der Waals surface area contributed by atoms with E-state index in [2.05, 4.69) is 4.44 Å². The summed E-state index contributed by atoms with van der Waals surface area (Å²) in [5, 5.41) is 17.3. The first kappa shape index (κ1) is 12.7. The number of aliphatic hydroxyl groups excluding tert-OH is 1. The number of hydrogen-bond acceptors (Lipinski definition) is 5. The van der Waals surface area contributed by atoms with Crippen LogP contribution in [0, 0.1) is 11.3 Å². The lowest BCUT2D eigenvalue weighted by molar-refractivity contribution is -0.100. The maximum Gasteiger partial charge on any atom is 0.292 e. The molecule has 0 rings (SSSR count).